The molecule has 7 nitrogen and oxygen atoms in total. The Kier molecular flexibility index (Phi) is 4.53. The summed E-state index contributed by atoms with van der Waals surface area (Å²) in [5, 5.41) is 14.0. The van der Waals surface area contributed by atoms with Crippen molar-refractivity contribution in [3.63, 3.8) is 0 Å². The number of esters is 1. The number of methoxy groups -OCH3 is 1. The molecule has 1 fully saturated rings. The van der Waals surface area contributed by atoms with E-state index < -0.39 is 4.92 Å². The van der Waals surface area contributed by atoms with Gasteiger partial charge < -0.3 is 10.1 Å². The van der Waals surface area contributed by atoms with Crippen LogP contribution in [0.1, 0.15) is 19.3 Å². The normalized spacial score (nSPS) is 21.5. The molecule has 1 saturated carbocycles. The SMILES string of the molecule is COC(=O)[C@H]1CC[C@@H](Nc2ncc(Br)cc2[N+](=O)[O-])C1. The summed E-state index contributed by atoms with van der Waals surface area (Å²) in [6.45, 7) is 0. The molecule has 1 aliphatic rings. The fourth-order valence-electron chi connectivity index (χ4n) is 2.37. The van der Waals surface area contributed by atoms with Gasteiger partial charge in [0.1, 0.15) is 0 Å². The molecule has 0 aromatic carbocycles. The van der Waals surface area contributed by atoms with Crippen LogP contribution in [-0.2, 0) is 9.53 Å². The number of nitrogens with one attached hydrogen (secondary N) is 1. The van der Waals surface area contributed by atoms with E-state index in [1.807, 2.05) is 0 Å². The van der Waals surface area contributed by atoms with Crippen LogP contribution in [0, 0.1) is 16.0 Å². The molecule has 0 saturated heterocycles. The van der Waals surface area contributed by atoms with Crippen LogP contribution in [0.5, 0.6) is 0 Å². The fourth-order valence-corrected chi connectivity index (χ4v) is 2.68. The van der Waals surface area contributed by atoms with Gasteiger partial charge in [0.05, 0.1) is 18.0 Å². The molecule has 0 amide bonds. The maximum absolute atomic E-state index is 11.5. The quantitative estimate of drug-likeness (QED) is 0.512. The van der Waals surface area contributed by atoms with Crippen molar-refractivity contribution in [1.82, 2.24) is 4.98 Å². The van der Waals surface area contributed by atoms with Crippen molar-refractivity contribution < 1.29 is 14.5 Å². The standard InChI is InChI=1S/C12H14BrN3O4/c1-20-12(17)7-2-3-9(4-7)15-11-10(16(18)19)5-8(13)6-14-11/h5-7,9H,2-4H2,1H3,(H,14,15)/t7-,9+/m0/s1. The van der Waals surface area contributed by atoms with E-state index in [-0.39, 0.29) is 29.4 Å². The van der Waals surface area contributed by atoms with Gasteiger partial charge in [-0.2, -0.15) is 0 Å². The summed E-state index contributed by atoms with van der Waals surface area (Å²) in [7, 11) is 1.37. The Morgan fingerprint density at radius 2 is 2.35 bits per heavy atom. The second kappa shape index (κ2) is 6.17. The molecule has 8 heteroatoms. The molecule has 0 radical (unpaired) electrons. The topological polar surface area (TPSA) is 94.4 Å². The largest absolute Gasteiger partial charge is 0.469 e. The molecule has 1 aliphatic carbocycles. The first-order valence-corrected chi connectivity index (χ1v) is 6.95. The van der Waals surface area contributed by atoms with Gasteiger partial charge in [-0.25, -0.2) is 4.98 Å². The Labute approximate surface area is 124 Å². The van der Waals surface area contributed by atoms with Crippen molar-refractivity contribution in [2.75, 3.05) is 12.4 Å². The van der Waals surface area contributed by atoms with Crippen molar-refractivity contribution in [2.45, 2.75) is 25.3 Å². The van der Waals surface area contributed by atoms with E-state index in [4.69, 9.17) is 4.74 Å². The maximum atomic E-state index is 11.5. The van der Waals surface area contributed by atoms with E-state index in [9.17, 15) is 14.9 Å². The number of aromatic nitrogens is 1. The highest BCUT2D eigenvalue weighted by atomic mass is 79.9. The number of ether oxygens (including phenoxy) is 1. The van der Waals surface area contributed by atoms with Crippen LogP contribution in [0.15, 0.2) is 16.7 Å². The summed E-state index contributed by atoms with van der Waals surface area (Å²) in [5.74, 6) is -0.145. The first-order chi connectivity index (χ1) is 9.51. The number of carbonyl (C=O) groups is 1. The van der Waals surface area contributed by atoms with Gasteiger partial charge in [-0.1, -0.05) is 0 Å². The van der Waals surface area contributed by atoms with Crippen molar-refractivity contribution >= 4 is 33.4 Å². The lowest BCUT2D eigenvalue weighted by Gasteiger charge is -2.13. The molecule has 108 valence electrons. The number of rotatable bonds is 4. The zero-order valence-electron chi connectivity index (χ0n) is 10.8. The molecule has 1 aromatic heterocycles. The molecular weight excluding hydrogens is 330 g/mol. The highest BCUT2D eigenvalue weighted by molar-refractivity contribution is 9.10. The monoisotopic (exact) mass is 343 g/mol. The van der Waals surface area contributed by atoms with Gasteiger partial charge in [0, 0.05) is 22.8 Å². The number of anilines is 1. The van der Waals surface area contributed by atoms with Gasteiger partial charge in [0.25, 0.3) is 0 Å². The highest BCUT2D eigenvalue weighted by Crippen LogP contribution is 2.32. The lowest BCUT2D eigenvalue weighted by Crippen LogP contribution is -2.20. The third kappa shape index (κ3) is 3.24. The molecular formula is C12H14BrN3O4. The van der Waals surface area contributed by atoms with E-state index in [0.29, 0.717) is 17.3 Å². The molecule has 1 N–H and O–H groups in total. The molecule has 1 aromatic rings. The van der Waals surface area contributed by atoms with Gasteiger partial charge >= 0.3 is 11.7 Å². The summed E-state index contributed by atoms with van der Waals surface area (Å²) in [4.78, 5) is 26.0. The third-order valence-corrected chi connectivity index (χ3v) is 3.77. The van der Waals surface area contributed by atoms with Gasteiger partial charge in [-0.05, 0) is 35.2 Å². The zero-order valence-corrected chi connectivity index (χ0v) is 12.4. The Morgan fingerprint density at radius 1 is 1.60 bits per heavy atom. The van der Waals surface area contributed by atoms with E-state index in [0.717, 1.165) is 6.42 Å². The van der Waals surface area contributed by atoms with Crippen LogP contribution in [0.2, 0.25) is 0 Å². The van der Waals surface area contributed by atoms with Crippen molar-refractivity contribution in [3.8, 4) is 0 Å². The molecule has 1 heterocycles. The summed E-state index contributed by atoms with van der Waals surface area (Å²) in [6, 6.07) is 1.40. The second-order valence-corrected chi connectivity index (χ2v) is 5.57. The average Bonchev–Trinajstić information content (AvgIpc) is 2.88. The van der Waals surface area contributed by atoms with E-state index in [1.165, 1.54) is 19.4 Å². The van der Waals surface area contributed by atoms with Gasteiger partial charge in [0.2, 0.25) is 5.82 Å². The number of halogens is 1. The lowest BCUT2D eigenvalue weighted by molar-refractivity contribution is -0.384. The molecule has 2 atom stereocenters. The zero-order chi connectivity index (χ0) is 14.7. The van der Waals surface area contributed by atoms with Crippen LogP contribution < -0.4 is 5.32 Å². The van der Waals surface area contributed by atoms with E-state index >= 15 is 0 Å². The van der Waals surface area contributed by atoms with Crippen LogP contribution in [0.4, 0.5) is 11.5 Å². The minimum Gasteiger partial charge on any atom is -0.469 e. The van der Waals surface area contributed by atoms with Crippen LogP contribution in [0.25, 0.3) is 0 Å². The minimum absolute atomic E-state index is 0.00789. The Balaban J connectivity index is 2.08. The number of nitro groups is 1. The molecule has 0 spiro atoms. The van der Waals surface area contributed by atoms with Gasteiger partial charge in [-0.15, -0.1) is 0 Å². The van der Waals surface area contributed by atoms with Crippen LogP contribution >= 0.6 is 15.9 Å². The minimum atomic E-state index is -0.479. The second-order valence-electron chi connectivity index (χ2n) is 4.65. The third-order valence-electron chi connectivity index (χ3n) is 3.34. The molecule has 0 unspecified atom stereocenters. The summed E-state index contributed by atoms with van der Waals surface area (Å²) in [5.41, 5.74) is -0.0825. The van der Waals surface area contributed by atoms with Crippen LogP contribution in [0.3, 0.4) is 0 Å². The summed E-state index contributed by atoms with van der Waals surface area (Å²) >= 11 is 3.16. The lowest BCUT2D eigenvalue weighted by atomic mass is 10.1. The number of pyridine rings is 1. The van der Waals surface area contributed by atoms with Crippen molar-refractivity contribution in [1.29, 1.82) is 0 Å². The van der Waals surface area contributed by atoms with Crippen LogP contribution in [-0.4, -0.2) is 29.0 Å². The first kappa shape index (κ1) is 14.7. The molecule has 0 bridgehead atoms. The average molecular weight is 344 g/mol. The highest BCUT2D eigenvalue weighted by Gasteiger charge is 2.32. The fraction of sp³-hybridized carbons (Fsp3) is 0.500. The molecule has 2 rings (SSSR count). The number of nitrogens with zero attached hydrogens (tertiary/aromatic N) is 2. The smallest absolute Gasteiger partial charge is 0.312 e. The predicted octanol–water partition coefficient (Wildman–Crippen LogP) is 2.51. The summed E-state index contributed by atoms with van der Waals surface area (Å²) < 4.78 is 5.26. The van der Waals surface area contributed by atoms with E-state index in [1.54, 1.807) is 0 Å². The Morgan fingerprint density at radius 3 is 3.00 bits per heavy atom. The summed E-state index contributed by atoms with van der Waals surface area (Å²) in [6.07, 6.45) is 3.58. The predicted molar refractivity (Wildman–Crippen MR) is 75.4 cm³/mol. The first-order valence-electron chi connectivity index (χ1n) is 6.15. The van der Waals surface area contributed by atoms with Gasteiger partial charge in [-0.3, -0.25) is 14.9 Å². The van der Waals surface area contributed by atoms with Gasteiger partial charge in [0.15, 0.2) is 0 Å². The number of hydrogen-bond donors (Lipinski definition) is 1. The van der Waals surface area contributed by atoms with E-state index in [2.05, 4.69) is 26.2 Å². The maximum Gasteiger partial charge on any atom is 0.312 e. The molecule has 0 aliphatic heterocycles. The Hall–Kier alpha value is -1.70. The number of carbonyl (C=O) groups excluding carboxylic acids is 1. The van der Waals surface area contributed by atoms with Crippen molar-refractivity contribution in [3.05, 3.63) is 26.9 Å². The number of hydrogen-bond acceptors (Lipinski definition) is 6. The van der Waals surface area contributed by atoms with Crippen molar-refractivity contribution in [2.24, 2.45) is 5.92 Å². The Bertz CT molecular complexity index is 537. The molecule has 20 heavy (non-hydrogen) atoms.